The van der Waals surface area contributed by atoms with Crippen LogP contribution < -0.4 is 5.09 Å². The van der Waals surface area contributed by atoms with Gasteiger partial charge in [0.25, 0.3) is 0 Å². The first-order valence-electron chi connectivity index (χ1n) is 8.65. The largest absolute Gasteiger partial charge is 0.348 e. The minimum atomic E-state index is -0.336. The van der Waals surface area contributed by atoms with E-state index in [1.54, 1.807) is 0 Å². The van der Waals surface area contributed by atoms with E-state index < -0.39 is 0 Å². The fraction of sp³-hybridized carbons (Fsp3) is 0.381. The molecule has 2 aromatic carbocycles. The molecule has 0 heterocycles. The van der Waals surface area contributed by atoms with Crippen molar-refractivity contribution in [3.8, 4) is 0 Å². The lowest BCUT2D eigenvalue weighted by Gasteiger charge is -2.28. The van der Waals surface area contributed by atoms with E-state index >= 15 is 0 Å². The SMILES string of the molecule is Cc1ccc(/C(=N\c2ccccc2C)NP(C(C)C)C(C)C)cc1. The van der Waals surface area contributed by atoms with Crippen molar-refractivity contribution in [3.63, 3.8) is 0 Å². The third-order valence-electron chi connectivity index (χ3n) is 4.02. The van der Waals surface area contributed by atoms with Crippen LogP contribution in [0.15, 0.2) is 53.5 Å². The highest BCUT2D eigenvalue weighted by Crippen LogP contribution is 2.42. The first kappa shape index (κ1) is 18.7. The second-order valence-electron chi connectivity index (χ2n) is 6.82. The molecule has 1 N–H and O–H groups in total. The highest BCUT2D eigenvalue weighted by Gasteiger charge is 2.19. The van der Waals surface area contributed by atoms with Crippen LogP contribution in [-0.4, -0.2) is 17.2 Å². The molecule has 2 rings (SSSR count). The van der Waals surface area contributed by atoms with E-state index in [-0.39, 0.29) is 8.07 Å². The van der Waals surface area contributed by atoms with E-state index in [1.807, 2.05) is 6.07 Å². The minimum absolute atomic E-state index is 0.336. The molecule has 2 nitrogen and oxygen atoms in total. The lowest BCUT2D eigenvalue weighted by Crippen LogP contribution is -2.26. The van der Waals surface area contributed by atoms with E-state index in [4.69, 9.17) is 4.99 Å². The molecule has 0 aliphatic rings. The van der Waals surface area contributed by atoms with Crippen molar-refractivity contribution >= 4 is 19.6 Å². The Balaban J connectivity index is 2.45. The highest BCUT2D eigenvalue weighted by molar-refractivity contribution is 7.57. The number of benzene rings is 2. The molecule has 0 aromatic heterocycles. The average Bonchev–Trinajstić information content (AvgIpc) is 2.53. The second-order valence-corrected chi connectivity index (χ2v) is 9.92. The van der Waals surface area contributed by atoms with Crippen molar-refractivity contribution in [1.29, 1.82) is 0 Å². The third kappa shape index (κ3) is 4.92. The fourth-order valence-electron chi connectivity index (χ4n) is 2.65. The van der Waals surface area contributed by atoms with Crippen molar-refractivity contribution in [2.75, 3.05) is 0 Å². The maximum atomic E-state index is 4.98. The summed E-state index contributed by atoms with van der Waals surface area (Å²) in [5.41, 5.74) is 5.85. The molecular formula is C21H29N2P. The summed E-state index contributed by atoms with van der Waals surface area (Å²) in [5.74, 6) is 0.984. The van der Waals surface area contributed by atoms with Crippen LogP contribution >= 0.6 is 8.07 Å². The molecule has 0 aliphatic heterocycles. The summed E-state index contributed by atoms with van der Waals surface area (Å²) in [5, 5.41) is 3.78. The van der Waals surface area contributed by atoms with E-state index in [0.717, 1.165) is 17.1 Å². The zero-order valence-electron chi connectivity index (χ0n) is 15.7. The van der Waals surface area contributed by atoms with Crippen molar-refractivity contribution in [2.24, 2.45) is 4.99 Å². The van der Waals surface area contributed by atoms with Gasteiger partial charge < -0.3 is 5.09 Å². The maximum Gasteiger partial charge on any atom is 0.137 e. The number of aliphatic imine (C=N–C) groups is 1. The van der Waals surface area contributed by atoms with E-state index in [1.165, 1.54) is 11.1 Å². The van der Waals surface area contributed by atoms with Gasteiger partial charge in [0.15, 0.2) is 0 Å². The Kier molecular flexibility index (Phi) is 6.57. The number of nitrogens with one attached hydrogen (secondary N) is 1. The van der Waals surface area contributed by atoms with Crippen LogP contribution in [0, 0.1) is 13.8 Å². The number of para-hydroxylation sites is 1. The van der Waals surface area contributed by atoms with Gasteiger partial charge in [0.1, 0.15) is 5.84 Å². The summed E-state index contributed by atoms with van der Waals surface area (Å²) in [4.78, 5) is 4.98. The van der Waals surface area contributed by atoms with Gasteiger partial charge in [-0.1, -0.05) is 75.7 Å². The van der Waals surface area contributed by atoms with Crippen LogP contribution in [0.1, 0.15) is 44.4 Å². The Morgan fingerprint density at radius 3 is 2.00 bits per heavy atom. The van der Waals surface area contributed by atoms with Crippen LogP contribution in [0.2, 0.25) is 0 Å². The van der Waals surface area contributed by atoms with Crippen molar-refractivity contribution in [1.82, 2.24) is 5.09 Å². The molecule has 0 bridgehead atoms. The van der Waals surface area contributed by atoms with E-state index in [9.17, 15) is 0 Å². The van der Waals surface area contributed by atoms with E-state index in [0.29, 0.717) is 11.3 Å². The molecule has 0 aliphatic carbocycles. The Hall–Kier alpha value is -1.66. The summed E-state index contributed by atoms with van der Waals surface area (Å²) in [6.45, 7) is 13.4. The van der Waals surface area contributed by atoms with Gasteiger partial charge in [-0.3, -0.25) is 0 Å². The Labute approximate surface area is 148 Å². The molecule has 0 radical (unpaired) electrons. The second kappa shape index (κ2) is 8.44. The molecule has 0 amide bonds. The number of rotatable bonds is 5. The smallest absolute Gasteiger partial charge is 0.137 e. The van der Waals surface area contributed by atoms with Gasteiger partial charge in [0, 0.05) is 5.56 Å². The molecule has 0 fully saturated rings. The number of nitrogens with zero attached hydrogens (tertiary/aromatic N) is 1. The monoisotopic (exact) mass is 340 g/mol. The van der Waals surface area contributed by atoms with Gasteiger partial charge in [-0.2, -0.15) is 0 Å². The molecule has 0 saturated heterocycles. The number of aryl methyl sites for hydroxylation is 2. The first-order valence-corrected chi connectivity index (χ1v) is 10.1. The lowest BCUT2D eigenvalue weighted by atomic mass is 10.1. The fourth-order valence-corrected chi connectivity index (χ4v) is 4.78. The summed E-state index contributed by atoms with van der Waals surface area (Å²) in [7, 11) is -0.336. The highest BCUT2D eigenvalue weighted by atomic mass is 31.1. The molecular weight excluding hydrogens is 311 g/mol. The normalized spacial score (nSPS) is 12.3. The van der Waals surface area contributed by atoms with Gasteiger partial charge in [-0.25, -0.2) is 4.99 Å². The van der Waals surface area contributed by atoms with Gasteiger partial charge in [0.2, 0.25) is 0 Å². The summed E-state index contributed by atoms with van der Waals surface area (Å²) < 4.78 is 0. The van der Waals surface area contributed by atoms with Crippen molar-refractivity contribution in [2.45, 2.75) is 52.9 Å². The van der Waals surface area contributed by atoms with Crippen molar-refractivity contribution < 1.29 is 0 Å². The predicted octanol–water partition coefficient (Wildman–Crippen LogP) is 6.19. The van der Waals surface area contributed by atoms with Gasteiger partial charge in [-0.05, 0) is 44.9 Å². The minimum Gasteiger partial charge on any atom is -0.348 e. The number of hydrogen-bond donors (Lipinski definition) is 1. The molecule has 0 saturated carbocycles. The molecule has 2 aromatic rings. The molecule has 3 heteroatoms. The summed E-state index contributed by atoms with van der Waals surface area (Å²) >= 11 is 0. The Morgan fingerprint density at radius 1 is 0.875 bits per heavy atom. The quantitative estimate of drug-likeness (QED) is 0.392. The molecule has 0 spiro atoms. The first-order chi connectivity index (χ1) is 11.4. The van der Waals surface area contributed by atoms with Crippen LogP contribution in [0.25, 0.3) is 0 Å². The zero-order valence-corrected chi connectivity index (χ0v) is 16.6. The van der Waals surface area contributed by atoms with Crippen LogP contribution in [0.3, 0.4) is 0 Å². The van der Waals surface area contributed by atoms with Gasteiger partial charge >= 0.3 is 0 Å². The van der Waals surface area contributed by atoms with Crippen LogP contribution in [-0.2, 0) is 0 Å². The topological polar surface area (TPSA) is 24.4 Å². The molecule has 0 atom stereocenters. The third-order valence-corrected chi connectivity index (χ3v) is 6.72. The molecule has 128 valence electrons. The Morgan fingerprint density at radius 2 is 1.46 bits per heavy atom. The van der Waals surface area contributed by atoms with Gasteiger partial charge in [-0.15, -0.1) is 0 Å². The number of hydrogen-bond acceptors (Lipinski definition) is 1. The van der Waals surface area contributed by atoms with E-state index in [2.05, 4.69) is 89.1 Å². The zero-order chi connectivity index (χ0) is 17.7. The average molecular weight is 340 g/mol. The van der Waals surface area contributed by atoms with Crippen molar-refractivity contribution in [3.05, 3.63) is 65.2 Å². The molecule has 0 unspecified atom stereocenters. The van der Waals surface area contributed by atoms with Crippen LogP contribution in [0.4, 0.5) is 5.69 Å². The standard InChI is InChI=1S/C21H29N2P/c1-15(2)24(16(3)4)23-21(19-13-11-17(5)12-14-19)22-20-10-8-7-9-18(20)6/h7-16H,1-6H3,(H,22,23). The maximum absolute atomic E-state index is 4.98. The summed E-state index contributed by atoms with van der Waals surface area (Å²) in [6.07, 6.45) is 0. The lowest BCUT2D eigenvalue weighted by molar-refractivity contribution is 0.990. The van der Waals surface area contributed by atoms with Gasteiger partial charge in [0.05, 0.1) is 5.69 Å². The molecule has 24 heavy (non-hydrogen) atoms. The Bertz CT molecular complexity index is 679. The summed E-state index contributed by atoms with van der Waals surface area (Å²) in [6, 6.07) is 16.9. The number of amidine groups is 1. The predicted molar refractivity (Wildman–Crippen MR) is 109 cm³/mol. The van der Waals surface area contributed by atoms with Crippen LogP contribution in [0.5, 0.6) is 0 Å².